The fraction of sp³-hybridized carbons (Fsp3) is 0.682. The summed E-state index contributed by atoms with van der Waals surface area (Å²) in [6, 6.07) is 8.92. The van der Waals surface area contributed by atoms with Crippen molar-refractivity contribution >= 4 is 36.4 Å². The van der Waals surface area contributed by atoms with Gasteiger partial charge in [0, 0.05) is 63.1 Å². The SMILES string of the molecule is CC(C)N1CCN(c2ccc(C(=O)N3CCC4(CCNC4)CC3)cc2)CC1.Cl.Cl. The Kier molecular flexibility index (Phi) is 8.65. The quantitative estimate of drug-likeness (QED) is 0.779. The molecule has 0 bridgehead atoms. The Morgan fingerprint density at radius 1 is 0.931 bits per heavy atom. The minimum absolute atomic E-state index is 0. The van der Waals surface area contributed by atoms with Gasteiger partial charge in [0.1, 0.15) is 0 Å². The standard InChI is InChI=1S/C22H34N4O.2ClH/c1-18(2)24-13-15-25(16-14-24)20-5-3-19(4-6-20)21(27)26-11-8-22(9-12-26)7-10-23-17-22;;/h3-6,18,23H,7-17H2,1-2H3;2*1H. The number of nitrogens with one attached hydrogen (secondary N) is 1. The highest BCUT2D eigenvalue weighted by Crippen LogP contribution is 2.37. The number of hydrogen-bond acceptors (Lipinski definition) is 4. The summed E-state index contributed by atoms with van der Waals surface area (Å²) in [5.74, 6) is 0.201. The maximum Gasteiger partial charge on any atom is 0.253 e. The molecule has 7 heteroatoms. The van der Waals surface area contributed by atoms with E-state index in [9.17, 15) is 4.79 Å². The molecule has 29 heavy (non-hydrogen) atoms. The van der Waals surface area contributed by atoms with Crippen LogP contribution in [0.15, 0.2) is 24.3 Å². The van der Waals surface area contributed by atoms with Crippen LogP contribution in [0.2, 0.25) is 0 Å². The first-order chi connectivity index (χ1) is 13.1. The molecule has 3 fully saturated rings. The average Bonchev–Trinajstić information content (AvgIpc) is 3.16. The summed E-state index contributed by atoms with van der Waals surface area (Å²) in [5.41, 5.74) is 2.53. The molecule has 164 valence electrons. The molecule has 0 aliphatic carbocycles. The van der Waals surface area contributed by atoms with Crippen LogP contribution >= 0.6 is 24.8 Å². The average molecular weight is 443 g/mol. The summed E-state index contributed by atoms with van der Waals surface area (Å²) in [5, 5.41) is 3.49. The monoisotopic (exact) mass is 442 g/mol. The summed E-state index contributed by atoms with van der Waals surface area (Å²) in [6.45, 7) is 13.0. The maximum absolute atomic E-state index is 12.9. The van der Waals surface area contributed by atoms with Crippen molar-refractivity contribution in [2.75, 3.05) is 57.3 Å². The molecule has 3 saturated heterocycles. The Morgan fingerprint density at radius 2 is 1.55 bits per heavy atom. The Hall–Kier alpha value is -1.01. The normalized spacial score (nSPS) is 21.8. The number of benzene rings is 1. The van der Waals surface area contributed by atoms with Gasteiger partial charge in [0.2, 0.25) is 0 Å². The van der Waals surface area contributed by atoms with Crippen molar-refractivity contribution in [3.63, 3.8) is 0 Å². The fourth-order valence-electron chi connectivity index (χ4n) is 4.90. The number of likely N-dealkylation sites (tertiary alicyclic amines) is 1. The number of hydrogen-bond donors (Lipinski definition) is 1. The van der Waals surface area contributed by atoms with Crippen LogP contribution in [0.4, 0.5) is 5.69 Å². The maximum atomic E-state index is 12.9. The minimum atomic E-state index is 0. The molecule has 0 atom stereocenters. The summed E-state index contributed by atoms with van der Waals surface area (Å²) in [7, 11) is 0. The van der Waals surface area contributed by atoms with E-state index in [2.05, 4.69) is 46.0 Å². The zero-order chi connectivity index (χ0) is 18.9. The van der Waals surface area contributed by atoms with Gasteiger partial charge in [-0.25, -0.2) is 0 Å². The van der Waals surface area contributed by atoms with Crippen LogP contribution in [-0.2, 0) is 0 Å². The van der Waals surface area contributed by atoms with Gasteiger partial charge < -0.3 is 15.1 Å². The highest BCUT2D eigenvalue weighted by molar-refractivity contribution is 5.94. The molecule has 1 spiro atoms. The van der Waals surface area contributed by atoms with Gasteiger partial charge in [-0.1, -0.05) is 0 Å². The molecule has 0 saturated carbocycles. The molecule has 3 aliphatic rings. The number of piperazine rings is 1. The largest absolute Gasteiger partial charge is 0.369 e. The number of carbonyl (C=O) groups excluding carboxylic acids is 1. The number of carbonyl (C=O) groups is 1. The number of amides is 1. The number of anilines is 1. The molecule has 1 aromatic carbocycles. The van der Waals surface area contributed by atoms with E-state index in [0.29, 0.717) is 11.5 Å². The van der Waals surface area contributed by atoms with Crippen LogP contribution in [0.3, 0.4) is 0 Å². The molecule has 3 heterocycles. The number of rotatable bonds is 3. The van der Waals surface area contributed by atoms with Gasteiger partial charge in [-0.05, 0) is 69.3 Å². The highest BCUT2D eigenvalue weighted by Gasteiger charge is 2.38. The third-order valence-electron chi connectivity index (χ3n) is 6.97. The van der Waals surface area contributed by atoms with Gasteiger partial charge in [0.15, 0.2) is 0 Å². The zero-order valence-electron chi connectivity index (χ0n) is 17.7. The molecule has 5 nitrogen and oxygen atoms in total. The minimum Gasteiger partial charge on any atom is -0.369 e. The van der Waals surface area contributed by atoms with Gasteiger partial charge in [-0.2, -0.15) is 0 Å². The molecule has 0 radical (unpaired) electrons. The van der Waals surface area contributed by atoms with Gasteiger partial charge in [0.05, 0.1) is 0 Å². The lowest BCUT2D eigenvalue weighted by molar-refractivity contribution is 0.0607. The molecule has 0 unspecified atom stereocenters. The molecule has 1 amide bonds. The molecular formula is C22H36Cl2N4O. The van der Waals surface area contributed by atoms with Gasteiger partial charge in [-0.15, -0.1) is 24.8 Å². The van der Waals surface area contributed by atoms with Crippen LogP contribution in [0, 0.1) is 5.41 Å². The first kappa shape index (κ1) is 24.3. The lowest BCUT2D eigenvalue weighted by Crippen LogP contribution is -2.48. The Balaban J connectivity index is 0.00000150. The Bertz CT molecular complexity index is 643. The van der Waals surface area contributed by atoms with Crippen molar-refractivity contribution < 1.29 is 4.79 Å². The number of halogens is 2. The third kappa shape index (κ3) is 5.38. The van der Waals surface area contributed by atoms with Crippen molar-refractivity contribution in [3.8, 4) is 0 Å². The second-order valence-corrected chi connectivity index (χ2v) is 8.88. The first-order valence-corrected chi connectivity index (χ1v) is 10.7. The lowest BCUT2D eigenvalue weighted by Gasteiger charge is -2.39. The topological polar surface area (TPSA) is 38.8 Å². The van der Waals surface area contributed by atoms with Crippen molar-refractivity contribution in [2.45, 2.75) is 39.2 Å². The molecule has 1 aromatic rings. The molecule has 1 N–H and O–H groups in total. The van der Waals surface area contributed by atoms with Crippen LogP contribution in [0.5, 0.6) is 0 Å². The predicted octanol–water partition coefficient (Wildman–Crippen LogP) is 3.28. The van der Waals surface area contributed by atoms with E-state index in [1.54, 1.807) is 0 Å². The summed E-state index contributed by atoms with van der Waals surface area (Å²) >= 11 is 0. The van der Waals surface area contributed by atoms with Crippen LogP contribution in [-0.4, -0.2) is 74.1 Å². The Morgan fingerprint density at radius 3 is 2.07 bits per heavy atom. The van der Waals surface area contributed by atoms with E-state index in [4.69, 9.17) is 0 Å². The van der Waals surface area contributed by atoms with Crippen molar-refractivity contribution in [1.82, 2.24) is 15.1 Å². The predicted molar refractivity (Wildman–Crippen MR) is 125 cm³/mol. The van der Waals surface area contributed by atoms with E-state index in [-0.39, 0.29) is 30.7 Å². The van der Waals surface area contributed by atoms with Crippen molar-refractivity contribution in [3.05, 3.63) is 29.8 Å². The van der Waals surface area contributed by atoms with Crippen LogP contribution in [0.1, 0.15) is 43.5 Å². The van der Waals surface area contributed by atoms with Crippen LogP contribution in [0.25, 0.3) is 0 Å². The van der Waals surface area contributed by atoms with Gasteiger partial charge in [-0.3, -0.25) is 9.69 Å². The summed E-state index contributed by atoms with van der Waals surface area (Å²) < 4.78 is 0. The second kappa shape index (κ2) is 10.3. The van der Waals surface area contributed by atoms with Gasteiger partial charge in [0.25, 0.3) is 5.91 Å². The number of nitrogens with zero attached hydrogens (tertiary/aromatic N) is 3. The van der Waals surface area contributed by atoms with E-state index in [0.717, 1.165) is 70.8 Å². The zero-order valence-corrected chi connectivity index (χ0v) is 19.4. The smallest absolute Gasteiger partial charge is 0.253 e. The second-order valence-electron chi connectivity index (χ2n) is 8.88. The highest BCUT2D eigenvalue weighted by atomic mass is 35.5. The molecule has 4 rings (SSSR count). The third-order valence-corrected chi connectivity index (χ3v) is 6.97. The molecule has 3 aliphatic heterocycles. The van der Waals surface area contributed by atoms with Gasteiger partial charge >= 0.3 is 0 Å². The van der Waals surface area contributed by atoms with E-state index < -0.39 is 0 Å². The Labute approximate surface area is 188 Å². The lowest BCUT2D eigenvalue weighted by atomic mass is 9.78. The number of piperidine rings is 1. The van der Waals surface area contributed by atoms with E-state index in [1.165, 1.54) is 12.1 Å². The van der Waals surface area contributed by atoms with E-state index in [1.807, 2.05) is 12.1 Å². The van der Waals surface area contributed by atoms with Crippen molar-refractivity contribution in [1.29, 1.82) is 0 Å². The van der Waals surface area contributed by atoms with Crippen molar-refractivity contribution in [2.24, 2.45) is 5.41 Å². The summed E-state index contributed by atoms with van der Waals surface area (Å²) in [4.78, 5) is 19.9. The first-order valence-electron chi connectivity index (χ1n) is 10.7. The fourth-order valence-corrected chi connectivity index (χ4v) is 4.90. The molecule has 0 aromatic heterocycles. The molecular weight excluding hydrogens is 407 g/mol. The van der Waals surface area contributed by atoms with E-state index >= 15 is 0 Å². The van der Waals surface area contributed by atoms with Crippen LogP contribution < -0.4 is 10.2 Å². The summed E-state index contributed by atoms with van der Waals surface area (Å²) in [6.07, 6.45) is 3.56.